The van der Waals surface area contributed by atoms with E-state index in [-0.39, 0.29) is 24.9 Å². The molecule has 0 aliphatic carbocycles. The highest BCUT2D eigenvalue weighted by molar-refractivity contribution is 5.84. The summed E-state index contributed by atoms with van der Waals surface area (Å²) in [5.41, 5.74) is -2.52. The molecule has 1 aliphatic rings. The molecule has 0 aromatic heterocycles. The van der Waals surface area contributed by atoms with Crippen molar-refractivity contribution in [2.45, 2.75) is 45.9 Å². The molecule has 2 atom stereocenters. The van der Waals surface area contributed by atoms with Crippen molar-refractivity contribution in [3.8, 4) is 0 Å². The molecule has 2 unspecified atom stereocenters. The van der Waals surface area contributed by atoms with Gasteiger partial charge in [-0.25, -0.2) is 0 Å². The molecule has 3 N–H and O–H groups in total. The van der Waals surface area contributed by atoms with Gasteiger partial charge in [-0.1, -0.05) is 20.8 Å². The largest absolute Gasteiger partial charge is 0.404 e. The van der Waals surface area contributed by atoms with E-state index in [9.17, 15) is 23.1 Å². The zero-order valence-electron chi connectivity index (χ0n) is 12.1. The lowest BCUT2D eigenvalue weighted by molar-refractivity contribution is -0.216. The number of aliphatic hydroxyl groups excluding tert-OH is 1. The lowest BCUT2D eigenvalue weighted by atomic mass is 9.85. The van der Waals surface area contributed by atoms with Gasteiger partial charge in [0.05, 0.1) is 6.10 Å². The molecule has 1 saturated heterocycles. The van der Waals surface area contributed by atoms with Crippen LogP contribution in [0.15, 0.2) is 0 Å². The number of amides is 1. The first-order chi connectivity index (χ1) is 8.98. The van der Waals surface area contributed by atoms with Gasteiger partial charge in [0.25, 0.3) is 0 Å². The van der Waals surface area contributed by atoms with Crippen LogP contribution < -0.4 is 10.6 Å². The van der Waals surface area contributed by atoms with Crippen LogP contribution in [0.4, 0.5) is 13.2 Å². The molecule has 0 aromatic rings. The molecule has 1 aliphatic heterocycles. The fourth-order valence-corrected chi connectivity index (χ4v) is 2.42. The Morgan fingerprint density at radius 3 is 2.40 bits per heavy atom. The van der Waals surface area contributed by atoms with Crippen molar-refractivity contribution in [3.63, 3.8) is 0 Å². The quantitative estimate of drug-likeness (QED) is 0.736. The molecule has 7 heteroatoms. The maximum atomic E-state index is 13.1. The van der Waals surface area contributed by atoms with Crippen molar-refractivity contribution in [1.82, 2.24) is 10.6 Å². The molecule has 1 amide bonds. The summed E-state index contributed by atoms with van der Waals surface area (Å²) in [5, 5.41) is 14.6. The monoisotopic (exact) mass is 296 g/mol. The van der Waals surface area contributed by atoms with Gasteiger partial charge in [-0.2, -0.15) is 13.2 Å². The molecule has 0 spiro atoms. The van der Waals surface area contributed by atoms with Gasteiger partial charge in [-0.3, -0.25) is 4.79 Å². The SMILES string of the molecule is CC(C)(C)CC(O)CNC(=O)C1(C(F)(F)F)CCNC1. The minimum atomic E-state index is -4.59. The number of halogens is 3. The average molecular weight is 296 g/mol. The van der Waals surface area contributed by atoms with Gasteiger partial charge in [0.2, 0.25) is 5.91 Å². The van der Waals surface area contributed by atoms with Crippen molar-refractivity contribution < 1.29 is 23.1 Å². The first-order valence-electron chi connectivity index (χ1n) is 6.72. The van der Waals surface area contributed by atoms with E-state index < -0.39 is 30.1 Å². The zero-order chi connectivity index (χ0) is 15.6. The standard InChI is InChI=1S/C13H23F3N2O2/c1-11(2,3)6-9(19)7-18-10(20)12(13(14,15)16)4-5-17-8-12/h9,17,19H,4-8H2,1-3H3,(H,18,20). The van der Waals surface area contributed by atoms with Gasteiger partial charge < -0.3 is 15.7 Å². The Balaban J connectivity index is 2.61. The number of aliphatic hydroxyl groups is 1. The predicted octanol–water partition coefficient (Wildman–Crippen LogP) is 1.44. The maximum absolute atomic E-state index is 13.1. The number of alkyl halides is 3. The van der Waals surface area contributed by atoms with Crippen molar-refractivity contribution in [1.29, 1.82) is 0 Å². The Morgan fingerprint density at radius 1 is 1.40 bits per heavy atom. The van der Waals surface area contributed by atoms with Crippen LogP contribution in [0, 0.1) is 10.8 Å². The Labute approximate surface area is 117 Å². The molecule has 20 heavy (non-hydrogen) atoms. The average Bonchev–Trinajstić information content (AvgIpc) is 2.72. The third-order valence-electron chi connectivity index (χ3n) is 3.48. The van der Waals surface area contributed by atoms with Gasteiger partial charge in [-0.15, -0.1) is 0 Å². The minimum Gasteiger partial charge on any atom is -0.391 e. The number of hydrogen-bond acceptors (Lipinski definition) is 3. The van der Waals surface area contributed by atoms with E-state index in [0.29, 0.717) is 6.42 Å². The van der Waals surface area contributed by atoms with Gasteiger partial charge in [0.15, 0.2) is 5.41 Å². The Bertz CT molecular complexity index is 345. The smallest absolute Gasteiger partial charge is 0.391 e. The molecule has 0 aromatic carbocycles. The second-order valence-electron chi connectivity index (χ2n) is 6.64. The summed E-state index contributed by atoms with van der Waals surface area (Å²) in [6.07, 6.45) is -5.30. The number of nitrogens with one attached hydrogen (secondary N) is 2. The lowest BCUT2D eigenvalue weighted by Gasteiger charge is -2.30. The van der Waals surface area contributed by atoms with Gasteiger partial charge in [0.1, 0.15) is 0 Å². The molecule has 1 heterocycles. The third kappa shape index (κ3) is 4.09. The van der Waals surface area contributed by atoms with Gasteiger partial charge >= 0.3 is 6.18 Å². The van der Waals surface area contributed by atoms with Crippen LogP contribution in [0.5, 0.6) is 0 Å². The summed E-state index contributed by atoms with van der Waals surface area (Å²) in [4.78, 5) is 11.9. The molecule has 4 nitrogen and oxygen atoms in total. The Hall–Kier alpha value is -0.820. The van der Waals surface area contributed by atoms with E-state index in [1.54, 1.807) is 0 Å². The summed E-state index contributed by atoms with van der Waals surface area (Å²) in [7, 11) is 0. The van der Waals surface area contributed by atoms with E-state index in [2.05, 4.69) is 10.6 Å². The summed E-state index contributed by atoms with van der Waals surface area (Å²) in [6, 6.07) is 0. The molecule has 1 rings (SSSR count). The Kier molecular flexibility index (Phi) is 5.08. The van der Waals surface area contributed by atoms with E-state index in [0.717, 1.165) is 0 Å². The normalized spacial score (nSPS) is 25.6. The summed E-state index contributed by atoms with van der Waals surface area (Å²) >= 11 is 0. The minimum absolute atomic E-state index is 0.152. The van der Waals surface area contributed by atoms with Crippen LogP contribution in [0.2, 0.25) is 0 Å². The van der Waals surface area contributed by atoms with Crippen molar-refractivity contribution in [2.24, 2.45) is 10.8 Å². The van der Waals surface area contributed by atoms with E-state index >= 15 is 0 Å². The van der Waals surface area contributed by atoms with Crippen molar-refractivity contribution in [2.75, 3.05) is 19.6 Å². The molecular weight excluding hydrogens is 273 g/mol. The first-order valence-corrected chi connectivity index (χ1v) is 6.72. The van der Waals surface area contributed by atoms with Gasteiger partial charge in [0, 0.05) is 13.1 Å². The topological polar surface area (TPSA) is 61.4 Å². The van der Waals surface area contributed by atoms with Crippen molar-refractivity contribution >= 4 is 5.91 Å². The highest BCUT2D eigenvalue weighted by Crippen LogP contribution is 2.43. The van der Waals surface area contributed by atoms with Crippen LogP contribution in [-0.2, 0) is 4.79 Å². The number of hydrogen-bond donors (Lipinski definition) is 3. The van der Waals surface area contributed by atoms with Gasteiger partial charge in [-0.05, 0) is 24.8 Å². The highest BCUT2D eigenvalue weighted by atomic mass is 19.4. The van der Waals surface area contributed by atoms with Crippen molar-refractivity contribution in [3.05, 3.63) is 0 Å². The Morgan fingerprint density at radius 2 is 2.00 bits per heavy atom. The molecular formula is C13H23F3N2O2. The molecule has 1 fully saturated rings. The zero-order valence-corrected chi connectivity index (χ0v) is 12.1. The summed E-state index contributed by atoms with van der Waals surface area (Å²) in [6.45, 7) is 5.34. The fraction of sp³-hybridized carbons (Fsp3) is 0.923. The van der Waals surface area contributed by atoms with Crippen LogP contribution >= 0.6 is 0 Å². The maximum Gasteiger partial charge on any atom is 0.404 e. The number of rotatable bonds is 4. The van der Waals surface area contributed by atoms with Crippen LogP contribution in [0.3, 0.4) is 0 Å². The number of carbonyl (C=O) groups is 1. The third-order valence-corrected chi connectivity index (χ3v) is 3.48. The second kappa shape index (κ2) is 5.89. The van der Waals surface area contributed by atoms with E-state index in [1.165, 1.54) is 0 Å². The summed E-state index contributed by atoms with van der Waals surface area (Å²) in [5.74, 6) is -1.05. The molecule has 118 valence electrons. The molecule has 0 radical (unpaired) electrons. The first kappa shape index (κ1) is 17.2. The van der Waals surface area contributed by atoms with E-state index in [4.69, 9.17) is 0 Å². The lowest BCUT2D eigenvalue weighted by Crippen LogP contribution is -2.53. The second-order valence-corrected chi connectivity index (χ2v) is 6.64. The highest BCUT2D eigenvalue weighted by Gasteiger charge is 2.61. The fourth-order valence-electron chi connectivity index (χ4n) is 2.42. The summed E-state index contributed by atoms with van der Waals surface area (Å²) < 4.78 is 39.3. The predicted molar refractivity (Wildman–Crippen MR) is 69.1 cm³/mol. The molecule has 0 bridgehead atoms. The van der Waals surface area contributed by atoms with Crippen LogP contribution in [-0.4, -0.2) is 42.9 Å². The van der Waals surface area contributed by atoms with Crippen LogP contribution in [0.1, 0.15) is 33.6 Å². The number of carbonyl (C=O) groups excluding carboxylic acids is 1. The van der Waals surface area contributed by atoms with Crippen LogP contribution in [0.25, 0.3) is 0 Å². The molecule has 0 saturated carbocycles. The van der Waals surface area contributed by atoms with E-state index in [1.807, 2.05) is 20.8 Å².